The summed E-state index contributed by atoms with van der Waals surface area (Å²) >= 11 is 0. The Morgan fingerprint density at radius 2 is 2.16 bits per heavy atom. The molecule has 104 valence electrons. The summed E-state index contributed by atoms with van der Waals surface area (Å²) in [6.07, 6.45) is 3.44. The van der Waals surface area contributed by atoms with Crippen molar-refractivity contribution in [2.24, 2.45) is 0 Å². The van der Waals surface area contributed by atoms with E-state index in [1.165, 1.54) is 5.56 Å². The van der Waals surface area contributed by atoms with Gasteiger partial charge in [0, 0.05) is 17.8 Å². The third-order valence-corrected chi connectivity index (χ3v) is 5.56. The van der Waals surface area contributed by atoms with Crippen molar-refractivity contribution in [1.82, 2.24) is 0 Å². The van der Waals surface area contributed by atoms with Crippen LogP contribution in [0.15, 0.2) is 18.2 Å². The summed E-state index contributed by atoms with van der Waals surface area (Å²) in [5, 5.41) is 3.36. The predicted molar refractivity (Wildman–Crippen MR) is 75.6 cm³/mol. The van der Waals surface area contributed by atoms with Crippen LogP contribution in [0.4, 0.5) is 5.69 Å². The van der Waals surface area contributed by atoms with Gasteiger partial charge in [-0.2, -0.15) is 0 Å². The quantitative estimate of drug-likeness (QED) is 0.901. The molecule has 1 N–H and O–H groups in total. The van der Waals surface area contributed by atoms with Crippen LogP contribution in [0.25, 0.3) is 0 Å². The second-order valence-electron chi connectivity index (χ2n) is 5.31. The summed E-state index contributed by atoms with van der Waals surface area (Å²) < 4.78 is 29.3. The van der Waals surface area contributed by atoms with Gasteiger partial charge in [-0.3, -0.25) is 0 Å². The lowest BCUT2D eigenvalue weighted by atomic mass is 10.0. The Bertz CT molecular complexity index is 568. The molecule has 2 aliphatic rings. The van der Waals surface area contributed by atoms with Gasteiger partial charge in [0.15, 0.2) is 9.84 Å². The van der Waals surface area contributed by atoms with E-state index in [1.54, 1.807) is 0 Å². The molecule has 19 heavy (non-hydrogen) atoms. The lowest BCUT2D eigenvalue weighted by molar-refractivity contribution is 0.205. The molecule has 2 aliphatic heterocycles. The average molecular weight is 281 g/mol. The molecular weight excluding hydrogens is 262 g/mol. The van der Waals surface area contributed by atoms with Crippen LogP contribution in [0.2, 0.25) is 0 Å². The normalized spacial score (nSPS) is 25.2. The fourth-order valence-corrected chi connectivity index (χ4v) is 4.42. The first-order chi connectivity index (χ1) is 9.14. The van der Waals surface area contributed by atoms with Gasteiger partial charge in [0.1, 0.15) is 11.9 Å². The van der Waals surface area contributed by atoms with Crippen molar-refractivity contribution in [3.8, 4) is 5.75 Å². The Morgan fingerprint density at radius 1 is 1.26 bits per heavy atom. The molecule has 1 unspecified atom stereocenters. The van der Waals surface area contributed by atoms with E-state index in [9.17, 15) is 8.42 Å². The van der Waals surface area contributed by atoms with Crippen LogP contribution in [-0.2, 0) is 16.3 Å². The molecular formula is C14H19NO3S. The van der Waals surface area contributed by atoms with E-state index < -0.39 is 9.84 Å². The number of hydrogen-bond acceptors (Lipinski definition) is 4. The largest absolute Gasteiger partial charge is 0.489 e. The zero-order chi connectivity index (χ0) is 13.3. The number of sulfone groups is 1. The van der Waals surface area contributed by atoms with E-state index in [-0.39, 0.29) is 11.9 Å². The van der Waals surface area contributed by atoms with Crippen LogP contribution in [0, 0.1) is 0 Å². The third kappa shape index (κ3) is 2.86. The van der Waals surface area contributed by atoms with Crippen LogP contribution in [0.3, 0.4) is 0 Å². The standard InChI is InChI=1S/C14H19NO3S/c16-19(17)9-3-4-11(10-19)18-14-7-1-6-13-12(14)5-2-8-15-13/h1,6-7,11,15H,2-5,8-10H2. The van der Waals surface area contributed by atoms with Gasteiger partial charge in [-0.25, -0.2) is 8.42 Å². The van der Waals surface area contributed by atoms with Crippen molar-refractivity contribution in [2.45, 2.75) is 31.8 Å². The summed E-state index contributed by atoms with van der Waals surface area (Å²) in [5.41, 5.74) is 2.32. The van der Waals surface area contributed by atoms with Crippen molar-refractivity contribution in [3.05, 3.63) is 23.8 Å². The number of benzene rings is 1. The molecule has 1 saturated heterocycles. The molecule has 0 bridgehead atoms. The van der Waals surface area contributed by atoms with E-state index in [0.29, 0.717) is 12.2 Å². The summed E-state index contributed by atoms with van der Waals surface area (Å²) in [6.45, 7) is 0.994. The second kappa shape index (κ2) is 5.04. The zero-order valence-electron chi connectivity index (χ0n) is 10.9. The van der Waals surface area contributed by atoms with E-state index >= 15 is 0 Å². The molecule has 5 heteroatoms. The number of anilines is 1. The lowest BCUT2D eigenvalue weighted by Gasteiger charge is -2.26. The SMILES string of the molecule is O=S1(=O)CCCC(Oc2cccc3c2CCCN3)C1. The number of hydrogen-bond donors (Lipinski definition) is 1. The summed E-state index contributed by atoms with van der Waals surface area (Å²) in [5.74, 6) is 1.32. The van der Waals surface area contributed by atoms with E-state index in [2.05, 4.69) is 11.4 Å². The van der Waals surface area contributed by atoms with Crippen molar-refractivity contribution >= 4 is 15.5 Å². The van der Waals surface area contributed by atoms with Crippen LogP contribution in [0.5, 0.6) is 5.75 Å². The number of fused-ring (bicyclic) bond motifs is 1. The maximum Gasteiger partial charge on any atom is 0.153 e. The first-order valence-electron chi connectivity index (χ1n) is 6.87. The van der Waals surface area contributed by atoms with Gasteiger partial charge in [-0.1, -0.05) is 6.07 Å². The summed E-state index contributed by atoms with van der Waals surface area (Å²) in [7, 11) is -2.91. The molecule has 1 aromatic carbocycles. The molecule has 0 amide bonds. The highest BCUT2D eigenvalue weighted by Crippen LogP contribution is 2.32. The highest BCUT2D eigenvalue weighted by Gasteiger charge is 2.27. The maximum absolute atomic E-state index is 11.6. The molecule has 0 aromatic heterocycles. The number of rotatable bonds is 2. The predicted octanol–water partition coefficient (Wildman–Crippen LogP) is 2.00. The van der Waals surface area contributed by atoms with Gasteiger partial charge in [-0.15, -0.1) is 0 Å². The van der Waals surface area contributed by atoms with Crippen molar-refractivity contribution in [3.63, 3.8) is 0 Å². The van der Waals surface area contributed by atoms with Gasteiger partial charge in [0.2, 0.25) is 0 Å². The number of nitrogens with one attached hydrogen (secondary N) is 1. The molecule has 1 aromatic rings. The maximum atomic E-state index is 11.6. The Morgan fingerprint density at radius 3 is 3.00 bits per heavy atom. The molecule has 0 spiro atoms. The molecule has 1 atom stereocenters. The Balaban J connectivity index is 1.80. The summed E-state index contributed by atoms with van der Waals surface area (Å²) in [4.78, 5) is 0. The van der Waals surface area contributed by atoms with Gasteiger partial charge in [0.05, 0.1) is 11.5 Å². The van der Waals surface area contributed by atoms with Crippen molar-refractivity contribution in [2.75, 3.05) is 23.4 Å². The van der Waals surface area contributed by atoms with E-state index in [4.69, 9.17) is 4.74 Å². The number of ether oxygens (including phenoxy) is 1. The zero-order valence-corrected chi connectivity index (χ0v) is 11.7. The first-order valence-corrected chi connectivity index (χ1v) is 8.69. The second-order valence-corrected chi connectivity index (χ2v) is 7.54. The average Bonchev–Trinajstić information content (AvgIpc) is 2.38. The molecule has 0 radical (unpaired) electrons. The van der Waals surface area contributed by atoms with Crippen molar-refractivity contribution in [1.29, 1.82) is 0 Å². The molecule has 0 aliphatic carbocycles. The van der Waals surface area contributed by atoms with Crippen LogP contribution >= 0.6 is 0 Å². The lowest BCUT2D eigenvalue weighted by Crippen LogP contribution is -2.33. The molecule has 2 heterocycles. The first kappa shape index (κ1) is 12.8. The fourth-order valence-electron chi connectivity index (χ4n) is 2.84. The fraction of sp³-hybridized carbons (Fsp3) is 0.571. The monoisotopic (exact) mass is 281 g/mol. The molecule has 1 fully saturated rings. The van der Waals surface area contributed by atoms with E-state index in [1.807, 2.05) is 12.1 Å². The Hall–Kier alpha value is -1.23. The van der Waals surface area contributed by atoms with Gasteiger partial charge in [-0.05, 0) is 37.8 Å². The molecule has 3 rings (SSSR count). The van der Waals surface area contributed by atoms with Gasteiger partial charge in [0.25, 0.3) is 0 Å². The molecule has 0 saturated carbocycles. The van der Waals surface area contributed by atoms with Crippen LogP contribution in [-0.4, -0.2) is 32.6 Å². The topological polar surface area (TPSA) is 55.4 Å². The third-order valence-electron chi connectivity index (χ3n) is 3.77. The highest BCUT2D eigenvalue weighted by molar-refractivity contribution is 7.91. The van der Waals surface area contributed by atoms with Gasteiger partial charge >= 0.3 is 0 Å². The molecule has 4 nitrogen and oxygen atoms in total. The van der Waals surface area contributed by atoms with Crippen molar-refractivity contribution < 1.29 is 13.2 Å². The minimum Gasteiger partial charge on any atom is -0.489 e. The van der Waals surface area contributed by atoms with Crippen LogP contribution in [0.1, 0.15) is 24.8 Å². The van der Waals surface area contributed by atoms with Gasteiger partial charge < -0.3 is 10.1 Å². The minimum absolute atomic E-state index is 0.157. The van der Waals surface area contributed by atoms with E-state index in [0.717, 1.165) is 37.2 Å². The van der Waals surface area contributed by atoms with Crippen LogP contribution < -0.4 is 10.1 Å². The minimum atomic E-state index is -2.91. The smallest absolute Gasteiger partial charge is 0.153 e. The Labute approximate surface area is 114 Å². The Kier molecular flexibility index (Phi) is 3.39. The highest BCUT2D eigenvalue weighted by atomic mass is 32.2. The summed E-state index contributed by atoms with van der Waals surface area (Å²) in [6, 6.07) is 5.97.